The molecule has 0 aliphatic heterocycles. The monoisotopic (exact) mass is 305 g/mol. The zero-order valence-electron chi connectivity index (χ0n) is 10.4. The van der Waals surface area contributed by atoms with E-state index >= 15 is 0 Å². The van der Waals surface area contributed by atoms with Crippen LogP contribution in [0.5, 0.6) is 0 Å². The smallest absolute Gasteiger partial charge is 0.132 e. The number of aromatic nitrogens is 2. The van der Waals surface area contributed by atoms with Gasteiger partial charge in [-0.3, -0.25) is 0 Å². The average Bonchev–Trinajstić information content (AvgIpc) is 3.15. The van der Waals surface area contributed by atoms with Crippen molar-refractivity contribution >= 4 is 21.7 Å². The fraction of sp³-hybridized carbons (Fsp3) is 0.357. The first-order valence-electron chi connectivity index (χ1n) is 6.33. The number of nitrogen functional groups attached to an aromatic ring is 1. The summed E-state index contributed by atoms with van der Waals surface area (Å²) in [5, 5.41) is 0. The number of benzene rings is 1. The van der Waals surface area contributed by atoms with Gasteiger partial charge >= 0.3 is 0 Å². The van der Waals surface area contributed by atoms with Crippen molar-refractivity contribution < 1.29 is 0 Å². The highest BCUT2D eigenvalue weighted by Gasteiger charge is 2.29. The summed E-state index contributed by atoms with van der Waals surface area (Å²) in [5.74, 6) is 1.90. The van der Waals surface area contributed by atoms with Crippen LogP contribution in [0.15, 0.2) is 28.7 Å². The first-order chi connectivity index (χ1) is 8.72. The van der Waals surface area contributed by atoms with Crippen LogP contribution in [-0.4, -0.2) is 9.55 Å². The fourth-order valence-electron chi connectivity index (χ4n) is 2.33. The summed E-state index contributed by atoms with van der Waals surface area (Å²) in [5.41, 5.74) is 8.28. The molecule has 1 saturated carbocycles. The SMILES string of the molecule is CCc1nc(-c2ccccc2Br)c(N)n1C1CC1. The molecule has 2 N–H and O–H groups in total. The first kappa shape index (κ1) is 11.8. The van der Waals surface area contributed by atoms with Crippen molar-refractivity contribution in [2.45, 2.75) is 32.2 Å². The molecule has 1 aromatic carbocycles. The van der Waals surface area contributed by atoms with E-state index in [0.717, 1.165) is 33.8 Å². The second kappa shape index (κ2) is 4.43. The van der Waals surface area contributed by atoms with Gasteiger partial charge in [0.25, 0.3) is 0 Å². The summed E-state index contributed by atoms with van der Waals surface area (Å²) in [6.45, 7) is 2.13. The number of halogens is 1. The van der Waals surface area contributed by atoms with E-state index in [1.54, 1.807) is 0 Å². The van der Waals surface area contributed by atoms with Gasteiger partial charge in [-0.25, -0.2) is 4.98 Å². The van der Waals surface area contributed by atoms with Gasteiger partial charge in [-0.15, -0.1) is 0 Å². The van der Waals surface area contributed by atoms with Crippen LogP contribution in [0, 0.1) is 0 Å². The molecular formula is C14H16BrN3. The minimum atomic E-state index is 0.573. The largest absolute Gasteiger partial charge is 0.383 e. The molecule has 0 unspecified atom stereocenters. The van der Waals surface area contributed by atoms with Crippen molar-refractivity contribution in [3.63, 3.8) is 0 Å². The molecule has 0 atom stereocenters. The van der Waals surface area contributed by atoms with Crippen LogP contribution in [0.25, 0.3) is 11.3 Å². The van der Waals surface area contributed by atoms with Gasteiger partial charge in [-0.2, -0.15) is 0 Å². The van der Waals surface area contributed by atoms with Gasteiger partial charge < -0.3 is 10.3 Å². The second-order valence-electron chi connectivity index (χ2n) is 4.70. The van der Waals surface area contributed by atoms with Gasteiger partial charge in [0.2, 0.25) is 0 Å². The molecule has 3 rings (SSSR count). The van der Waals surface area contributed by atoms with Gasteiger partial charge in [0.05, 0.1) is 0 Å². The number of anilines is 1. The lowest BCUT2D eigenvalue weighted by molar-refractivity contribution is 0.696. The molecule has 0 radical (unpaired) electrons. The van der Waals surface area contributed by atoms with Crippen molar-refractivity contribution in [1.82, 2.24) is 9.55 Å². The Bertz CT molecular complexity index is 585. The predicted molar refractivity (Wildman–Crippen MR) is 77.4 cm³/mol. The lowest BCUT2D eigenvalue weighted by atomic mass is 10.1. The van der Waals surface area contributed by atoms with E-state index in [1.165, 1.54) is 12.8 Å². The van der Waals surface area contributed by atoms with E-state index in [-0.39, 0.29) is 0 Å². The van der Waals surface area contributed by atoms with Crippen molar-refractivity contribution in [3.05, 3.63) is 34.6 Å². The molecule has 1 aromatic heterocycles. The Hall–Kier alpha value is -1.29. The molecule has 2 aromatic rings. The fourth-order valence-corrected chi connectivity index (χ4v) is 2.81. The molecule has 1 fully saturated rings. The zero-order chi connectivity index (χ0) is 12.7. The third kappa shape index (κ3) is 1.85. The number of aryl methyl sites for hydroxylation is 1. The summed E-state index contributed by atoms with van der Waals surface area (Å²) < 4.78 is 3.26. The molecule has 3 nitrogen and oxygen atoms in total. The van der Waals surface area contributed by atoms with Gasteiger partial charge in [-0.05, 0) is 18.9 Å². The molecule has 94 valence electrons. The summed E-state index contributed by atoms with van der Waals surface area (Å²) in [6, 6.07) is 8.67. The maximum atomic E-state index is 6.30. The van der Waals surface area contributed by atoms with Crippen molar-refractivity contribution in [2.75, 3.05) is 5.73 Å². The third-order valence-corrected chi connectivity index (χ3v) is 4.07. The molecule has 0 saturated heterocycles. The van der Waals surface area contributed by atoms with Crippen LogP contribution in [0.1, 0.15) is 31.6 Å². The van der Waals surface area contributed by atoms with E-state index in [9.17, 15) is 0 Å². The lowest BCUT2D eigenvalue weighted by Crippen LogP contribution is -2.04. The van der Waals surface area contributed by atoms with Crippen molar-refractivity contribution in [1.29, 1.82) is 0 Å². The molecule has 1 aliphatic carbocycles. The number of nitrogens with two attached hydrogens (primary N) is 1. The molecule has 1 aliphatic rings. The Kier molecular flexibility index (Phi) is 2.90. The number of hydrogen-bond donors (Lipinski definition) is 1. The van der Waals surface area contributed by atoms with Crippen molar-refractivity contribution in [2.24, 2.45) is 0 Å². The number of imidazole rings is 1. The van der Waals surface area contributed by atoms with E-state index < -0.39 is 0 Å². The van der Waals surface area contributed by atoms with Gasteiger partial charge in [0, 0.05) is 22.5 Å². The highest BCUT2D eigenvalue weighted by Crippen LogP contribution is 2.41. The Morgan fingerprint density at radius 1 is 1.39 bits per heavy atom. The van der Waals surface area contributed by atoms with Crippen LogP contribution >= 0.6 is 15.9 Å². The maximum absolute atomic E-state index is 6.30. The molecule has 1 heterocycles. The highest BCUT2D eigenvalue weighted by molar-refractivity contribution is 9.10. The minimum absolute atomic E-state index is 0.573. The highest BCUT2D eigenvalue weighted by atomic mass is 79.9. The molecule has 0 spiro atoms. The molecule has 0 bridgehead atoms. The Morgan fingerprint density at radius 3 is 2.72 bits per heavy atom. The van der Waals surface area contributed by atoms with E-state index in [4.69, 9.17) is 10.7 Å². The average molecular weight is 306 g/mol. The third-order valence-electron chi connectivity index (χ3n) is 3.38. The predicted octanol–water partition coefficient (Wildman–Crippen LogP) is 3.79. The van der Waals surface area contributed by atoms with Gasteiger partial charge in [0.15, 0.2) is 0 Å². The van der Waals surface area contributed by atoms with E-state index in [0.29, 0.717) is 6.04 Å². The van der Waals surface area contributed by atoms with Crippen molar-refractivity contribution in [3.8, 4) is 11.3 Å². The number of rotatable bonds is 3. The summed E-state index contributed by atoms with van der Waals surface area (Å²) >= 11 is 3.57. The Morgan fingerprint density at radius 2 is 2.11 bits per heavy atom. The lowest BCUT2D eigenvalue weighted by Gasteiger charge is -2.07. The summed E-state index contributed by atoms with van der Waals surface area (Å²) in [4.78, 5) is 4.73. The minimum Gasteiger partial charge on any atom is -0.383 e. The van der Waals surface area contributed by atoms with Crippen LogP contribution in [0.3, 0.4) is 0 Å². The standard InChI is InChI=1S/C14H16BrN3/c1-2-12-17-13(10-5-3-4-6-11(10)15)14(16)18(12)9-7-8-9/h3-6,9H,2,7-8,16H2,1H3. The number of nitrogens with zero attached hydrogens (tertiary/aromatic N) is 2. The molecular weight excluding hydrogens is 290 g/mol. The zero-order valence-corrected chi connectivity index (χ0v) is 11.9. The Labute approximate surface area is 115 Å². The quantitative estimate of drug-likeness (QED) is 0.937. The Balaban J connectivity index is 2.16. The van der Waals surface area contributed by atoms with Crippen LogP contribution in [0.4, 0.5) is 5.82 Å². The van der Waals surface area contributed by atoms with E-state index in [1.807, 2.05) is 18.2 Å². The number of hydrogen-bond acceptors (Lipinski definition) is 2. The van der Waals surface area contributed by atoms with Crippen LogP contribution in [0.2, 0.25) is 0 Å². The van der Waals surface area contributed by atoms with Crippen LogP contribution in [-0.2, 0) is 6.42 Å². The normalized spacial score (nSPS) is 15.0. The maximum Gasteiger partial charge on any atom is 0.132 e. The van der Waals surface area contributed by atoms with E-state index in [2.05, 4.69) is 33.5 Å². The second-order valence-corrected chi connectivity index (χ2v) is 5.55. The van der Waals surface area contributed by atoms with Gasteiger partial charge in [0.1, 0.15) is 17.3 Å². The molecule has 0 amide bonds. The summed E-state index contributed by atoms with van der Waals surface area (Å²) in [6.07, 6.45) is 3.37. The topological polar surface area (TPSA) is 43.8 Å². The molecule has 18 heavy (non-hydrogen) atoms. The van der Waals surface area contributed by atoms with Gasteiger partial charge in [-0.1, -0.05) is 41.1 Å². The van der Waals surface area contributed by atoms with Crippen LogP contribution < -0.4 is 5.73 Å². The summed E-state index contributed by atoms with van der Waals surface area (Å²) in [7, 11) is 0. The first-order valence-corrected chi connectivity index (χ1v) is 7.13. The molecule has 4 heteroatoms.